The van der Waals surface area contributed by atoms with Crippen molar-refractivity contribution in [3.8, 4) is 34.1 Å². The second-order valence-electron chi connectivity index (χ2n) is 8.49. The highest BCUT2D eigenvalue weighted by Crippen LogP contribution is 2.39. The summed E-state index contributed by atoms with van der Waals surface area (Å²) in [5.74, 6) is -0.201. The molecule has 0 radical (unpaired) electrons. The normalized spacial score (nSPS) is 11.7. The zero-order valence-electron chi connectivity index (χ0n) is 22.3. The molecule has 0 unspecified atom stereocenters. The van der Waals surface area contributed by atoms with Crippen molar-refractivity contribution < 1.29 is 27.9 Å². The number of nitrogens with zero attached hydrogens (tertiary/aromatic N) is 2. The summed E-state index contributed by atoms with van der Waals surface area (Å²) in [6.45, 7) is 3.97. The Hall–Kier alpha value is -5.52. The standard InChI is InChI=1S/C28H28N6O6/c1-15-7-5-8-17(16(15)2)18-11-13-22(39-18)25(35)31-27(29)33-34-28(30)32-26(36)23-14-12-21(40-23)24-19(37-3)9-6-10-20(24)38-4/h5-14H,1-4H3,(H3,29,31,33,35)(H3,30,32,34,36). The first-order valence-electron chi connectivity index (χ1n) is 12.0. The van der Waals surface area contributed by atoms with Gasteiger partial charge in [0.15, 0.2) is 11.5 Å². The fraction of sp³-hybridized carbons (Fsp3) is 0.143. The number of rotatable bonds is 7. The van der Waals surface area contributed by atoms with Crippen molar-refractivity contribution in [3.63, 3.8) is 0 Å². The molecule has 0 saturated heterocycles. The molecule has 0 atom stereocenters. The highest BCUT2D eigenvalue weighted by atomic mass is 16.5. The van der Waals surface area contributed by atoms with Crippen LogP contribution in [0.4, 0.5) is 0 Å². The van der Waals surface area contributed by atoms with Crippen molar-refractivity contribution in [1.82, 2.24) is 10.6 Å². The van der Waals surface area contributed by atoms with Gasteiger partial charge in [-0.25, -0.2) is 0 Å². The Labute approximate surface area is 229 Å². The minimum Gasteiger partial charge on any atom is -0.496 e. The zero-order valence-corrected chi connectivity index (χ0v) is 22.3. The van der Waals surface area contributed by atoms with E-state index in [1.807, 2.05) is 32.0 Å². The number of amides is 2. The van der Waals surface area contributed by atoms with Gasteiger partial charge in [-0.15, -0.1) is 10.2 Å². The lowest BCUT2D eigenvalue weighted by molar-refractivity contribution is 0.0942. The molecule has 206 valence electrons. The molecule has 40 heavy (non-hydrogen) atoms. The zero-order chi connectivity index (χ0) is 28.8. The molecule has 0 aliphatic heterocycles. The first-order valence-corrected chi connectivity index (χ1v) is 12.0. The van der Waals surface area contributed by atoms with Gasteiger partial charge in [-0.05, 0) is 61.4 Å². The lowest BCUT2D eigenvalue weighted by atomic mass is 10.0. The third kappa shape index (κ3) is 5.96. The van der Waals surface area contributed by atoms with Gasteiger partial charge in [0, 0.05) is 5.56 Å². The van der Waals surface area contributed by atoms with E-state index >= 15 is 0 Å². The number of methoxy groups -OCH3 is 2. The predicted molar refractivity (Wildman–Crippen MR) is 149 cm³/mol. The van der Waals surface area contributed by atoms with Crippen molar-refractivity contribution in [2.75, 3.05) is 14.2 Å². The topological polar surface area (TPSA) is 180 Å². The minimum absolute atomic E-state index is 0.0274. The van der Waals surface area contributed by atoms with Gasteiger partial charge in [0.1, 0.15) is 28.6 Å². The van der Waals surface area contributed by atoms with Gasteiger partial charge in [0.25, 0.3) is 11.8 Å². The first-order chi connectivity index (χ1) is 19.2. The smallest absolute Gasteiger partial charge is 0.293 e. The van der Waals surface area contributed by atoms with Crippen molar-refractivity contribution >= 4 is 23.7 Å². The summed E-state index contributed by atoms with van der Waals surface area (Å²) in [6, 6.07) is 17.3. The molecule has 0 saturated carbocycles. The molecule has 2 aromatic carbocycles. The van der Waals surface area contributed by atoms with E-state index < -0.39 is 11.8 Å². The summed E-state index contributed by atoms with van der Waals surface area (Å²) in [7, 11) is 3.03. The summed E-state index contributed by atoms with van der Waals surface area (Å²) in [6.07, 6.45) is 0. The molecule has 12 heteroatoms. The van der Waals surface area contributed by atoms with Crippen LogP contribution in [-0.4, -0.2) is 38.0 Å². The molecule has 2 heterocycles. The molecule has 12 nitrogen and oxygen atoms in total. The third-order valence-electron chi connectivity index (χ3n) is 5.95. The number of carbonyl (C=O) groups excluding carboxylic acids is 2. The van der Waals surface area contributed by atoms with E-state index in [-0.39, 0.29) is 23.4 Å². The number of benzene rings is 2. The molecule has 0 spiro atoms. The summed E-state index contributed by atoms with van der Waals surface area (Å²) >= 11 is 0. The maximum absolute atomic E-state index is 12.6. The summed E-state index contributed by atoms with van der Waals surface area (Å²) in [4.78, 5) is 25.1. The lowest BCUT2D eigenvalue weighted by Crippen LogP contribution is -2.38. The molecule has 4 aromatic rings. The average Bonchev–Trinajstić information content (AvgIpc) is 3.64. The SMILES string of the molecule is COc1cccc(OC)c1-c1ccc(C(=O)NC(N)=NN=C(N)NC(=O)c2ccc(-c3cccc(C)c3C)o2)o1. The quantitative estimate of drug-likeness (QED) is 0.155. The van der Waals surface area contributed by atoms with E-state index in [0.29, 0.717) is 28.6 Å². The second-order valence-corrected chi connectivity index (χ2v) is 8.49. The molecule has 6 N–H and O–H groups in total. The number of guanidine groups is 2. The summed E-state index contributed by atoms with van der Waals surface area (Å²) < 4.78 is 22.1. The molecular formula is C28H28N6O6. The number of nitrogens with one attached hydrogen (secondary N) is 2. The van der Waals surface area contributed by atoms with Gasteiger partial charge in [0.05, 0.1) is 14.2 Å². The Balaban J connectivity index is 1.39. The van der Waals surface area contributed by atoms with Crippen LogP contribution < -0.4 is 31.6 Å². The van der Waals surface area contributed by atoms with Crippen LogP contribution in [0.1, 0.15) is 32.2 Å². The Kier molecular flexibility index (Phi) is 8.19. The van der Waals surface area contributed by atoms with Gasteiger partial charge >= 0.3 is 0 Å². The molecule has 2 amide bonds. The average molecular weight is 545 g/mol. The Morgan fingerprint density at radius 1 is 0.725 bits per heavy atom. The maximum Gasteiger partial charge on any atom is 0.293 e. The van der Waals surface area contributed by atoms with Gasteiger partial charge in [-0.2, -0.15) is 0 Å². The minimum atomic E-state index is -0.686. The van der Waals surface area contributed by atoms with E-state index in [4.69, 9.17) is 29.8 Å². The molecule has 2 aromatic heterocycles. The monoisotopic (exact) mass is 544 g/mol. The van der Waals surface area contributed by atoms with Crippen molar-refractivity contribution in [2.24, 2.45) is 21.7 Å². The van der Waals surface area contributed by atoms with Crippen molar-refractivity contribution in [2.45, 2.75) is 13.8 Å². The van der Waals surface area contributed by atoms with Crippen molar-refractivity contribution in [1.29, 1.82) is 0 Å². The Morgan fingerprint density at radius 2 is 1.23 bits per heavy atom. The lowest BCUT2D eigenvalue weighted by Gasteiger charge is -2.10. The van der Waals surface area contributed by atoms with Gasteiger partial charge in [0.2, 0.25) is 11.9 Å². The third-order valence-corrected chi connectivity index (χ3v) is 5.95. The van der Waals surface area contributed by atoms with E-state index in [0.717, 1.165) is 16.7 Å². The van der Waals surface area contributed by atoms with Gasteiger partial charge in [-0.1, -0.05) is 24.3 Å². The number of aryl methyl sites for hydroxylation is 1. The Morgan fingerprint density at radius 3 is 1.77 bits per heavy atom. The molecule has 4 rings (SSSR count). The molecular weight excluding hydrogens is 516 g/mol. The van der Waals surface area contributed by atoms with Gasteiger partial charge in [-0.3, -0.25) is 20.2 Å². The van der Waals surface area contributed by atoms with E-state index in [1.54, 1.807) is 30.3 Å². The fourth-order valence-electron chi connectivity index (χ4n) is 3.82. The van der Waals surface area contributed by atoms with Crippen LogP contribution in [0, 0.1) is 13.8 Å². The Bertz CT molecular complexity index is 1590. The maximum atomic E-state index is 12.6. The van der Waals surface area contributed by atoms with Crippen LogP contribution in [-0.2, 0) is 0 Å². The summed E-state index contributed by atoms with van der Waals surface area (Å²) in [5, 5.41) is 11.9. The van der Waals surface area contributed by atoms with Crippen molar-refractivity contribution in [3.05, 3.63) is 83.3 Å². The van der Waals surface area contributed by atoms with Crippen LogP contribution in [0.5, 0.6) is 11.5 Å². The van der Waals surface area contributed by atoms with Gasteiger partial charge < -0.3 is 29.8 Å². The molecule has 0 bridgehead atoms. The largest absolute Gasteiger partial charge is 0.496 e. The number of carbonyl (C=O) groups is 2. The molecule has 0 fully saturated rings. The molecule has 0 aliphatic carbocycles. The van der Waals surface area contributed by atoms with Crippen LogP contribution >= 0.6 is 0 Å². The second kappa shape index (κ2) is 11.9. The fourth-order valence-corrected chi connectivity index (χ4v) is 3.82. The van der Waals surface area contributed by atoms with Crippen LogP contribution in [0.25, 0.3) is 22.6 Å². The van der Waals surface area contributed by atoms with E-state index in [1.165, 1.54) is 26.4 Å². The predicted octanol–water partition coefficient (Wildman–Crippen LogP) is 3.54. The molecule has 0 aliphatic rings. The van der Waals surface area contributed by atoms with Crippen LogP contribution in [0.3, 0.4) is 0 Å². The number of nitrogens with two attached hydrogens (primary N) is 2. The number of hydrogen-bond donors (Lipinski definition) is 4. The van der Waals surface area contributed by atoms with Crippen LogP contribution in [0.2, 0.25) is 0 Å². The number of ether oxygens (including phenoxy) is 2. The summed E-state index contributed by atoms with van der Waals surface area (Å²) in [5.41, 5.74) is 15.1. The number of hydrogen-bond acceptors (Lipinski definition) is 8. The van der Waals surface area contributed by atoms with Crippen LogP contribution in [0.15, 0.2) is 79.7 Å². The number of furan rings is 2. The highest BCUT2D eigenvalue weighted by molar-refractivity contribution is 6.05. The highest BCUT2D eigenvalue weighted by Gasteiger charge is 2.19. The van der Waals surface area contributed by atoms with E-state index in [2.05, 4.69) is 20.8 Å². The first kappa shape index (κ1) is 27.5. The van der Waals surface area contributed by atoms with E-state index in [9.17, 15) is 9.59 Å².